The molecule has 8 nitrogen and oxygen atoms in total. The molecule has 1 aromatic heterocycles. The van der Waals surface area contributed by atoms with Crippen LogP contribution < -0.4 is 10.1 Å². The maximum absolute atomic E-state index is 12.9. The molecule has 2 aromatic rings. The van der Waals surface area contributed by atoms with Crippen molar-refractivity contribution < 1.29 is 19.1 Å². The Balaban J connectivity index is 1.17. The molecule has 5 rings (SSSR count). The summed E-state index contributed by atoms with van der Waals surface area (Å²) in [7, 11) is 3.57. The number of para-hydroxylation sites is 1. The van der Waals surface area contributed by atoms with Gasteiger partial charge in [0.25, 0.3) is 5.91 Å². The zero-order valence-electron chi connectivity index (χ0n) is 20.1. The highest BCUT2D eigenvalue weighted by molar-refractivity contribution is 5.94. The number of methoxy groups -OCH3 is 1. The second-order valence-corrected chi connectivity index (χ2v) is 9.89. The molecule has 0 unspecified atom stereocenters. The van der Waals surface area contributed by atoms with Crippen LogP contribution in [0.15, 0.2) is 24.3 Å². The normalized spacial score (nSPS) is 19.1. The highest BCUT2D eigenvalue weighted by Crippen LogP contribution is 2.37. The van der Waals surface area contributed by atoms with Crippen LogP contribution in [0.1, 0.15) is 59.4 Å². The van der Waals surface area contributed by atoms with Gasteiger partial charge in [-0.05, 0) is 49.7 Å². The van der Waals surface area contributed by atoms with Gasteiger partial charge in [0.05, 0.1) is 19.3 Å². The van der Waals surface area contributed by atoms with E-state index in [4.69, 9.17) is 9.47 Å². The van der Waals surface area contributed by atoms with Crippen LogP contribution in [0.4, 0.5) is 0 Å². The Morgan fingerprint density at radius 3 is 2.74 bits per heavy atom. The van der Waals surface area contributed by atoms with Gasteiger partial charge in [0.15, 0.2) is 5.69 Å². The van der Waals surface area contributed by atoms with Gasteiger partial charge in [-0.1, -0.05) is 18.2 Å². The Hall–Kier alpha value is -2.87. The number of nitrogens with zero attached hydrogens (tertiary/aromatic N) is 3. The molecule has 1 spiro atoms. The molecule has 1 aromatic carbocycles. The summed E-state index contributed by atoms with van der Waals surface area (Å²) < 4.78 is 13.6. The highest BCUT2D eigenvalue weighted by atomic mass is 16.5. The monoisotopic (exact) mass is 466 g/mol. The summed E-state index contributed by atoms with van der Waals surface area (Å²) in [6, 6.07) is 7.86. The first-order chi connectivity index (χ1) is 16.5. The summed E-state index contributed by atoms with van der Waals surface area (Å²) in [4.78, 5) is 27.5. The van der Waals surface area contributed by atoms with Gasteiger partial charge >= 0.3 is 0 Å². The molecule has 1 aliphatic carbocycles. The Morgan fingerprint density at radius 1 is 1.24 bits per heavy atom. The number of ether oxygens (including phenoxy) is 2. The van der Waals surface area contributed by atoms with E-state index in [-0.39, 0.29) is 17.4 Å². The number of carbonyl (C=O) groups excluding carboxylic acids is 2. The van der Waals surface area contributed by atoms with E-state index in [1.165, 1.54) is 12.8 Å². The van der Waals surface area contributed by atoms with Gasteiger partial charge in [0.1, 0.15) is 5.75 Å². The summed E-state index contributed by atoms with van der Waals surface area (Å²) >= 11 is 0. The molecule has 2 aliphatic heterocycles. The Bertz CT molecular complexity index is 1070. The van der Waals surface area contributed by atoms with Crippen LogP contribution >= 0.6 is 0 Å². The van der Waals surface area contributed by atoms with Gasteiger partial charge in [-0.3, -0.25) is 14.3 Å². The summed E-state index contributed by atoms with van der Waals surface area (Å²) in [5.41, 5.74) is 3.26. The largest absolute Gasteiger partial charge is 0.496 e. The molecular formula is C26H34N4O4. The molecule has 8 heteroatoms. The number of likely N-dealkylation sites (tertiary alicyclic amines) is 1. The SMILES string of the molecule is COc1ccccc1CCC(=O)N1CCC2(CC1)Cc1c(c(C(=O)NCC3CC3)nn1C)CO2. The molecule has 3 heterocycles. The van der Waals surface area contributed by atoms with Crippen molar-refractivity contribution in [3.63, 3.8) is 0 Å². The quantitative estimate of drug-likeness (QED) is 0.678. The number of rotatable bonds is 7. The predicted octanol–water partition coefficient (Wildman–Crippen LogP) is 2.64. The van der Waals surface area contributed by atoms with Gasteiger partial charge in [0.2, 0.25) is 5.91 Å². The van der Waals surface area contributed by atoms with Crippen molar-refractivity contribution >= 4 is 11.8 Å². The van der Waals surface area contributed by atoms with Crippen LogP contribution in [-0.4, -0.2) is 58.8 Å². The first-order valence-corrected chi connectivity index (χ1v) is 12.3. The number of nitrogens with one attached hydrogen (secondary N) is 1. The third-order valence-corrected chi connectivity index (χ3v) is 7.58. The predicted molar refractivity (Wildman–Crippen MR) is 127 cm³/mol. The second-order valence-electron chi connectivity index (χ2n) is 9.89. The molecule has 0 radical (unpaired) electrons. The van der Waals surface area contributed by atoms with Crippen LogP contribution in [0.25, 0.3) is 0 Å². The number of hydrogen-bond acceptors (Lipinski definition) is 5. The van der Waals surface area contributed by atoms with Crippen molar-refractivity contribution in [3.8, 4) is 5.75 Å². The Labute approximate surface area is 200 Å². The maximum Gasteiger partial charge on any atom is 0.272 e. The van der Waals surface area contributed by atoms with Gasteiger partial charge in [0, 0.05) is 50.8 Å². The molecule has 2 fully saturated rings. The van der Waals surface area contributed by atoms with Gasteiger partial charge in [-0.15, -0.1) is 0 Å². The van der Waals surface area contributed by atoms with E-state index in [0.29, 0.717) is 44.1 Å². The summed E-state index contributed by atoms with van der Waals surface area (Å²) in [5, 5.41) is 7.55. The lowest BCUT2D eigenvalue weighted by atomic mass is 9.83. The minimum absolute atomic E-state index is 0.0984. The van der Waals surface area contributed by atoms with Crippen LogP contribution in [0.3, 0.4) is 0 Å². The van der Waals surface area contributed by atoms with Gasteiger partial charge < -0.3 is 19.7 Å². The molecule has 0 atom stereocenters. The van der Waals surface area contributed by atoms with Gasteiger partial charge in [-0.2, -0.15) is 5.10 Å². The second kappa shape index (κ2) is 9.41. The lowest BCUT2D eigenvalue weighted by Gasteiger charge is -2.44. The van der Waals surface area contributed by atoms with Crippen LogP contribution in [0.2, 0.25) is 0 Å². The van der Waals surface area contributed by atoms with Crippen LogP contribution in [0, 0.1) is 5.92 Å². The fraction of sp³-hybridized carbons (Fsp3) is 0.577. The van der Waals surface area contributed by atoms with E-state index in [1.807, 2.05) is 40.9 Å². The number of fused-ring (bicyclic) bond motifs is 1. The molecule has 1 N–H and O–H groups in total. The molecule has 2 amide bonds. The van der Waals surface area contributed by atoms with E-state index < -0.39 is 0 Å². The molecule has 34 heavy (non-hydrogen) atoms. The third kappa shape index (κ3) is 4.69. The average Bonchev–Trinajstić information content (AvgIpc) is 3.64. The number of benzene rings is 1. The fourth-order valence-electron chi connectivity index (χ4n) is 5.18. The maximum atomic E-state index is 12.9. The fourth-order valence-corrected chi connectivity index (χ4v) is 5.18. The molecule has 1 saturated carbocycles. The highest BCUT2D eigenvalue weighted by Gasteiger charge is 2.42. The van der Waals surface area contributed by atoms with Crippen molar-refractivity contribution in [2.24, 2.45) is 13.0 Å². The van der Waals surface area contributed by atoms with Crippen molar-refractivity contribution in [2.75, 3.05) is 26.7 Å². The summed E-state index contributed by atoms with van der Waals surface area (Å²) in [6.45, 7) is 2.51. The standard InChI is InChI=1S/C26H34N4O4/c1-29-21-15-26(34-17-20(21)24(28-29)25(32)27-16-18-7-8-18)11-13-30(14-12-26)23(31)10-9-19-5-3-4-6-22(19)33-2/h3-6,18H,7-17H2,1-2H3,(H,27,32). The van der Waals surface area contributed by atoms with Crippen molar-refractivity contribution in [1.82, 2.24) is 20.0 Å². The van der Waals surface area contributed by atoms with E-state index in [2.05, 4.69) is 10.4 Å². The van der Waals surface area contributed by atoms with Crippen molar-refractivity contribution in [2.45, 2.75) is 57.2 Å². The van der Waals surface area contributed by atoms with Gasteiger partial charge in [-0.25, -0.2) is 0 Å². The number of aromatic nitrogens is 2. The Kier molecular flexibility index (Phi) is 6.34. The first-order valence-electron chi connectivity index (χ1n) is 12.3. The first kappa shape index (κ1) is 22.9. The van der Waals surface area contributed by atoms with E-state index >= 15 is 0 Å². The van der Waals surface area contributed by atoms with Crippen molar-refractivity contribution in [1.29, 1.82) is 0 Å². The third-order valence-electron chi connectivity index (χ3n) is 7.58. The van der Waals surface area contributed by atoms with Crippen LogP contribution in [0.5, 0.6) is 5.75 Å². The molecule has 3 aliphatic rings. The number of amides is 2. The molecular weight excluding hydrogens is 432 g/mol. The number of carbonyl (C=O) groups is 2. The minimum atomic E-state index is -0.290. The molecule has 182 valence electrons. The number of piperidine rings is 1. The lowest BCUT2D eigenvalue weighted by Crippen LogP contribution is -2.50. The zero-order valence-corrected chi connectivity index (χ0v) is 20.1. The zero-order chi connectivity index (χ0) is 23.7. The topological polar surface area (TPSA) is 85.7 Å². The molecule has 1 saturated heterocycles. The van der Waals surface area contributed by atoms with E-state index in [0.717, 1.165) is 48.4 Å². The summed E-state index contributed by atoms with van der Waals surface area (Å²) in [6.07, 6.45) is 5.86. The summed E-state index contributed by atoms with van der Waals surface area (Å²) in [5.74, 6) is 1.54. The smallest absolute Gasteiger partial charge is 0.272 e. The van der Waals surface area contributed by atoms with E-state index in [9.17, 15) is 9.59 Å². The van der Waals surface area contributed by atoms with Crippen LogP contribution in [-0.2, 0) is 36.0 Å². The average molecular weight is 467 g/mol. The van der Waals surface area contributed by atoms with E-state index in [1.54, 1.807) is 7.11 Å². The lowest BCUT2D eigenvalue weighted by molar-refractivity contribution is -0.141. The number of hydrogen-bond donors (Lipinski definition) is 1. The minimum Gasteiger partial charge on any atom is -0.496 e. The number of aryl methyl sites for hydroxylation is 2. The van der Waals surface area contributed by atoms with Crippen molar-refractivity contribution in [3.05, 3.63) is 46.8 Å². The molecule has 0 bridgehead atoms. The Morgan fingerprint density at radius 2 is 2.00 bits per heavy atom.